The van der Waals surface area contributed by atoms with E-state index in [4.69, 9.17) is 4.74 Å². The lowest BCUT2D eigenvalue weighted by Gasteiger charge is -2.37. The summed E-state index contributed by atoms with van der Waals surface area (Å²) in [7, 11) is 0. The van der Waals surface area contributed by atoms with E-state index in [-0.39, 0.29) is 0 Å². The SMILES string of the molecule is O=C(CCCc1c[nH]c2ccccc12)N1CCO[C@H]2CCC[C@@H]21. The van der Waals surface area contributed by atoms with Crippen molar-refractivity contribution in [2.75, 3.05) is 13.2 Å². The van der Waals surface area contributed by atoms with Crippen molar-refractivity contribution < 1.29 is 9.53 Å². The molecular formula is C19H24N2O2. The van der Waals surface area contributed by atoms with Gasteiger partial charge < -0.3 is 14.6 Å². The number of aromatic amines is 1. The van der Waals surface area contributed by atoms with Crippen molar-refractivity contribution in [3.63, 3.8) is 0 Å². The van der Waals surface area contributed by atoms with Crippen molar-refractivity contribution in [2.24, 2.45) is 0 Å². The number of carbonyl (C=O) groups excluding carboxylic acids is 1. The van der Waals surface area contributed by atoms with Crippen LogP contribution in [0.25, 0.3) is 10.9 Å². The molecule has 4 rings (SSSR count). The number of H-pyrrole nitrogens is 1. The van der Waals surface area contributed by atoms with Crippen LogP contribution in [0, 0.1) is 0 Å². The zero-order valence-electron chi connectivity index (χ0n) is 13.5. The van der Waals surface area contributed by atoms with Crippen LogP contribution in [0.4, 0.5) is 0 Å². The van der Waals surface area contributed by atoms with Gasteiger partial charge in [-0.25, -0.2) is 0 Å². The van der Waals surface area contributed by atoms with Gasteiger partial charge in [-0.3, -0.25) is 4.79 Å². The van der Waals surface area contributed by atoms with Crippen molar-refractivity contribution in [1.29, 1.82) is 0 Å². The number of hydrogen-bond donors (Lipinski definition) is 1. The van der Waals surface area contributed by atoms with Gasteiger partial charge in [0.15, 0.2) is 0 Å². The van der Waals surface area contributed by atoms with Gasteiger partial charge in [0.1, 0.15) is 0 Å². The Hall–Kier alpha value is -1.81. The molecule has 0 bridgehead atoms. The van der Waals surface area contributed by atoms with E-state index < -0.39 is 0 Å². The molecule has 4 heteroatoms. The number of aromatic nitrogens is 1. The average molecular weight is 312 g/mol. The minimum Gasteiger partial charge on any atom is -0.374 e. The van der Waals surface area contributed by atoms with Gasteiger partial charge in [0.25, 0.3) is 0 Å². The maximum Gasteiger partial charge on any atom is 0.222 e. The highest BCUT2D eigenvalue weighted by atomic mass is 16.5. The van der Waals surface area contributed by atoms with Crippen LogP contribution in [-0.4, -0.2) is 41.1 Å². The minimum atomic E-state index is 0.293. The first-order chi connectivity index (χ1) is 11.3. The summed E-state index contributed by atoms with van der Waals surface area (Å²) in [5.41, 5.74) is 2.49. The first-order valence-electron chi connectivity index (χ1n) is 8.79. The summed E-state index contributed by atoms with van der Waals surface area (Å²) < 4.78 is 5.80. The van der Waals surface area contributed by atoms with E-state index in [1.807, 2.05) is 6.07 Å². The molecule has 1 saturated carbocycles. The number of benzene rings is 1. The smallest absolute Gasteiger partial charge is 0.222 e. The predicted molar refractivity (Wildman–Crippen MR) is 90.3 cm³/mol. The molecule has 2 aromatic rings. The summed E-state index contributed by atoms with van der Waals surface area (Å²) in [5.74, 6) is 0.310. The van der Waals surface area contributed by atoms with E-state index in [1.165, 1.54) is 22.9 Å². The highest BCUT2D eigenvalue weighted by Crippen LogP contribution is 2.30. The topological polar surface area (TPSA) is 45.3 Å². The third-order valence-electron chi connectivity index (χ3n) is 5.31. The molecule has 1 N–H and O–H groups in total. The first kappa shape index (κ1) is 14.8. The fraction of sp³-hybridized carbons (Fsp3) is 0.526. The Labute approximate surface area is 136 Å². The number of morpholine rings is 1. The van der Waals surface area contributed by atoms with E-state index in [0.717, 1.165) is 32.2 Å². The summed E-state index contributed by atoms with van der Waals surface area (Å²) in [4.78, 5) is 18.0. The molecule has 2 aliphatic rings. The van der Waals surface area contributed by atoms with Crippen LogP contribution in [0.5, 0.6) is 0 Å². The number of rotatable bonds is 4. The van der Waals surface area contributed by atoms with Crippen LogP contribution in [0.1, 0.15) is 37.7 Å². The Morgan fingerprint density at radius 2 is 2.22 bits per heavy atom. The van der Waals surface area contributed by atoms with Gasteiger partial charge in [-0.2, -0.15) is 0 Å². The number of carbonyl (C=O) groups is 1. The average Bonchev–Trinajstić information content (AvgIpc) is 3.21. The van der Waals surface area contributed by atoms with Crippen LogP contribution in [0.2, 0.25) is 0 Å². The van der Waals surface area contributed by atoms with E-state index in [9.17, 15) is 4.79 Å². The van der Waals surface area contributed by atoms with E-state index in [1.54, 1.807) is 0 Å². The van der Waals surface area contributed by atoms with Gasteiger partial charge >= 0.3 is 0 Å². The van der Waals surface area contributed by atoms with E-state index in [2.05, 4.69) is 34.3 Å². The van der Waals surface area contributed by atoms with Crippen LogP contribution >= 0.6 is 0 Å². The summed E-state index contributed by atoms with van der Waals surface area (Å²) in [6, 6.07) is 8.69. The third-order valence-corrected chi connectivity index (χ3v) is 5.31. The Kier molecular flexibility index (Phi) is 4.08. The fourth-order valence-corrected chi connectivity index (χ4v) is 4.15. The normalized spacial score (nSPS) is 24.1. The number of aryl methyl sites for hydroxylation is 1. The number of fused-ring (bicyclic) bond motifs is 2. The highest BCUT2D eigenvalue weighted by molar-refractivity contribution is 5.83. The Bertz CT molecular complexity index is 693. The zero-order chi connectivity index (χ0) is 15.6. The van der Waals surface area contributed by atoms with Crippen LogP contribution < -0.4 is 0 Å². The Morgan fingerprint density at radius 1 is 1.30 bits per heavy atom. The van der Waals surface area contributed by atoms with Crippen molar-refractivity contribution in [3.05, 3.63) is 36.0 Å². The largest absolute Gasteiger partial charge is 0.374 e. The standard InChI is InChI=1S/C19H24N2O2/c22-19(21-11-12-23-18-9-4-8-17(18)21)10-3-5-14-13-20-16-7-2-1-6-15(14)16/h1-2,6-7,13,17-18,20H,3-5,8-12H2/t17-,18-/m0/s1. The van der Waals surface area contributed by atoms with Gasteiger partial charge in [-0.05, 0) is 43.7 Å². The molecule has 1 aromatic heterocycles. The second-order valence-corrected chi connectivity index (χ2v) is 6.71. The lowest BCUT2D eigenvalue weighted by molar-refractivity contribution is -0.144. The molecule has 4 nitrogen and oxygen atoms in total. The maximum absolute atomic E-state index is 12.6. The fourth-order valence-electron chi connectivity index (χ4n) is 4.15. The van der Waals surface area contributed by atoms with E-state index in [0.29, 0.717) is 31.1 Å². The zero-order valence-corrected chi connectivity index (χ0v) is 13.5. The third kappa shape index (κ3) is 2.88. The molecular weight excluding hydrogens is 288 g/mol. The highest BCUT2D eigenvalue weighted by Gasteiger charge is 2.37. The van der Waals surface area contributed by atoms with E-state index >= 15 is 0 Å². The van der Waals surface area contributed by atoms with Gasteiger partial charge in [0.2, 0.25) is 5.91 Å². The Morgan fingerprint density at radius 3 is 3.17 bits per heavy atom. The number of hydrogen-bond acceptors (Lipinski definition) is 2. The molecule has 1 amide bonds. The van der Waals surface area contributed by atoms with Gasteiger partial charge in [0.05, 0.1) is 18.8 Å². The summed E-state index contributed by atoms with van der Waals surface area (Å²) in [6.07, 6.45) is 8.29. The number of amides is 1. The molecule has 23 heavy (non-hydrogen) atoms. The van der Waals surface area contributed by atoms with Gasteiger partial charge in [-0.15, -0.1) is 0 Å². The Balaban J connectivity index is 1.34. The number of nitrogens with zero attached hydrogens (tertiary/aromatic N) is 1. The molecule has 122 valence electrons. The van der Waals surface area contributed by atoms with Crippen LogP contribution in [0.15, 0.2) is 30.5 Å². The molecule has 0 spiro atoms. The number of ether oxygens (including phenoxy) is 1. The molecule has 1 aromatic carbocycles. The number of para-hydroxylation sites is 1. The van der Waals surface area contributed by atoms with Crippen molar-refractivity contribution in [3.8, 4) is 0 Å². The van der Waals surface area contributed by atoms with Crippen LogP contribution in [-0.2, 0) is 16.0 Å². The molecule has 0 radical (unpaired) electrons. The molecule has 0 unspecified atom stereocenters. The van der Waals surface area contributed by atoms with Crippen LogP contribution in [0.3, 0.4) is 0 Å². The van der Waals surface area contributed by atoms with Crippen molar-refractivity contribution in [2.45, 2.75) is 50.7 Å². The lowest BCUT2D eigenvalue weighted by Crippen LogP contribution is -2.51. The quantitative estimate of drug-likeness (QED) is 0.942. The van der Waals surface area contributed by atoms with Crippen molar-refractivity contribution >= 4 is 16.8 Å². The van der Waals surface area contributed by atoms with Gasteiger partial charge in [-0.1, -0.05) is 18.2 Å². The second kappa shape index (κ2) is 6.36. The molecule has 2 atom stereocenters. The number of nitrogens with one attached hydrogen (secondary N) is 1. The second-order valence-electron chi connectivity index (χ2n) is 6.71. The predicted octanol–water partition coefficient (Wildman–Crippen LogP) is 3.27. The maximum atomic E-state index is 12.6. The summed E-state index contributed by atoms with van der Waals surface area (Å²) in [6.45, 7) is 1.47. The van der Waals surface area contributed by atoms with Gasteiger partial charge in [0, 0.05) is 30.1 Å². The summed E-state index contributed by atoms with van der Waals surface area (Å²) >= 11 is 0. The monoisotopic (exact) mass is 312 g/mol. The molecule has 1 saturated heterocycles. The molecule has 2 heterocycles. The van der Waals surface area contributed by atoms with Crippen molar-refractivity contribution in [1.82, 2.24) is 9.88 Å². The molecule has 2 fully saturated rings. The lowest BCUT2D eigenvalue weighted by atomic mass is 10.1. The molecule has 1 aliphatic carbocycles. The minimum absolute atomic E-state index is 0.293. The summed E-state index contributed by atoms with van der Waals surface area (Å²) in [5, 5.41) is 1.28. The molecule has 1 aliphatic heterocycles. The first-order valence-corrected chi connectivity index (χ1v) is 8.79.